The smallest absolute Gasteiger partial charge is 0.275 e. The first kappa shape index (κ1) is 19.9. The number of hydrogen-bond donors (Lipinski definition) is 1. The molecule has 0 saturated carbocycles. The van der Waals surface area contributed by atoms with Crippen molar-refractivity contribution in [3.05, 3.63) is 110 Å². The van der Waals surface area contributed by atoms with Crippen molar-refractivity contribution >= 4 is 22.4 Å². The van der Waals surface area contributed by atoms with Crippen LogP contribution in [0.15, 0.2) is 77.7 Å². The maximum absolute atomic E-state index is 12.9. The van der Waals surface area contributed by atoms with Gasteiger partial charge < -0.3 is 5.32 Å². The molecule has 0 fully saturated rings. The zero-order valence-corrected chi connectivity index (χ0v) is 16.3. The van der Waals surface area contributed by atoms with Crippen LogP contribution in [0.4, 0.5) is 5.69 Å². The van der Waals surface area contributed by atoms with E-state index in [1.165, 1.54) is 28.9 Å². The van der Waals surface area contributed by atoms with Gasteiger partial charge in [-0.1, -0.05) is 30.3 Å². The number of benzene rings is 2. The fraction of sp³-hybridized carbons (Fsp3) is 0.0909. The summed E-state index contributed by atoms with van der Waals surface area (Å²) in [6, 6.07) is 17.9. The summed E-state index contributed by atoms with van der Waals surface area (Å²) in [4.78, 5) is 40.0. The highest BCUT2D eigenvalue weighted by Crippen LogP contribution is 2.15. The molecule has 0 unspecified atom stereocenters. The van der Waals surface area contributed by atoms with Crippen LogP contribution in [-0.2, 0) is 13.1 Å². The number of hydrogen-bond acceptors (Lipinski definition) is 6. The largest absolute Gasteiger partial charge is 0.346 e. The van der Waals surface area contributed by atoms with Gasteiger partial charge in [0.15, 0.2) is 0 Å². The van der Waals surface area contributed by atoms with Gasteiger partial charge in [-0.2, -0.15) is 5.10 Å². The number of nitrogens with zero attached hydrogens (tertiary/aromatic N) is 4. The second-order valence-electron chi connectivity index (χ2n) is 6.77. The molecule has 154 valence electrons. The molecule has 0 spiro atoms. The molecular weight excluding hydrogens is 398 g/mol. The van der Waals surface area contributed by atoms with Gasteiger partial charge in [0.2, 0.25) is 0 Å². The van der Waals surface area contributed by atoms with Crippen molar-refractivity contribution in [2.24, 2.45) is 0 Å². The Balaban J connectivity index is 1.64. The van der Waals surface area contributed by atoms with E-state index in [2.05, 4.69) is 15.4 Å². The van der Waals surface area contributed by atoms with E-state index in [0.29, 0.717) is 22.2 Å². The summed E-state index contributed by atoms with van der Waals surface area (Å²) in [6.07, 6.45) is 1.64. The number of rotatable bonds is 6. The third-order valence-corrected chi connectivity index (χ3v) is 4.72. The van der Waals surface area contributed by atoms with Gasteiger partial charge in [-0.15, -0.1) is 0 Å². The molecule has 2 aromatic heterocycles. The van der Waals surface area contributed by atoms with Crippen molar-refractivity contribution in [2.75, 3.05) is 0 Å². The third-order valence-electron chi connectivity index (χ3n) is 4.72. The minimum absolute atomic E-state index is 0.0462. The monoisotopic (exact) mass is 415 g/mol. The summed E-state index contributed by atoms with van der Waals surface area (Å²) in [7, 11) is 0. The molecule has 0 atom stereocenters. The average Bonchev–Trinajstić information content (AvgIpc) is 2.80. The fourth-order valence-electron chi connectivity index (χ4n) is 3.21. The minimum Gasteiger partial charge on any atom is -0.346 e. The summed E-state index contributed by atoms with van der Waals surface area (Å²) in [5, 5.41) is 19.2. The van der Waals surface area contributed by atoms with Gasteiger partial charge in [-0.25, -0.2) is 4.68 Å². The summed E-state index contributed by atoms with van der Waals surface area (Å²) >= 11 is 0. The number of carbonyl (C=O) groups excluding carboxylic acids is 1. The highest BCUT2D eigenvalue weighted by atomic mass is 16.6. The molecule has 1 N–H and O–H groups in total. The number of aromatic nitrogens is 3. The number of nitro groups is 1. The van der Waals surface area contributed by atoms with Crippen molar-refractivity contribution in [1.82, 2.24) is 20.1 Å². The molecule has 0 aliphatic carbocycles. The van der Waals surface area contributed by atoms with Gasteiger partial charge >= 0.3 is 0 Å². The van der Waals surface area contributed by atoms with Crippen LogP contribution < -0.4 is 10.9 Å². The normalized spacial score (nSPS) is 10.7. The molecule has 0 aliphatic rings. The van der Waals surface area contributed by atoms with Gasteiger partial charge in [0.25, 0.3) is 17.2 Å². The maximum atomic E-state index is 12.9. The van der Waals surface area contributed by atoms with Gasteiger partial charge in [0.1, 0.15) is 0 Å². The molecule has 2 aromatic carbocycles. The molecule has 0 saturated heterocycles. The van der Waals surface area contributed by atoms with E-state index in [4.69, 9.17) is 0 Å². The van der Waals surface area contributed by atoms with Crippen molar-refractivity contribution < 1.29 is 9.72 Å². The first-order valence-electron chi connectivity index (χ1n) is 9.44. The lowest BCUT2D eigenvalue weighted by Crippen LogP contribution is -2.29. The van der Waals surface area contributed by atoms with Gasteiger partial charge in [-0.3, -0.25) is 24.7 Å². The summed E-state index contributed by atoms with van der Waals surface area (Å²) < 4.78 is 1.32. The topological polar surface area (TPSA) is 120 Å². The van der Waals surface area contributed by atoms with Crippen LogP contribution in [-0.4, -0.2) is 25.6 Å². The first-order chi connectivity index (χ1) is 15.0. The van der Waals surface area contributed by atoms with Crippen LogP contribution in [0.25, 0.3) is 10.8 Å². The molecule has 1 amide bonds. The molecule has 0 aliphatic heterocycles. The Bertz CT molecular complexity index is 1330. The van der Waals surface area contributed by atoms with Crippen molar-refractivity contribution in [3.63, 3.8) is 0 Å². The highest BCUT2D eigenvalue weighted by molar-refractivity contribution is 5.95. The summed E-state index contributed by atoms with van der Waals surface area (Å²) in [5.74, 6) is -0.475. The standard InChI is InChI=1S/C22H17N5O4/c28-21(15-6-5-8-17(12-15)27(30)31)24-13-20-18-9-1-2-10-19(18)22(29)26(25-20)14-16-7-3-4-11-23-16/h1-12H,13-14H2,(H,24,28). The second-order valence-corrected chi connectivity index (χ2v) is 6.77. The van der Waals surface area contributed by atoms with E-state index in [0.717, 1.165) is 0 Å². The molecule has 0 radical (unpaired) electrons. The number of fused-ring (bicyclic) bond motifs is 1. The minimum atomic E-state index is -0.556. The Morgan fingerprint density at radius 1 is 1.03 bits per heavy atom. The average molecular weight is 415 g/mol. The maximum Gasteiger partial charge on any atom is 0.275 e. The van der Waals surface area contributed by atoms with Crippen LogP contribution in [0.3, 0.4) is 0 Å². The lowest BCUT2D eigenvalue weighted by atomic mass is 10.1. The molecule has 0 bridgehead atoms. The van der Waals surface area contributed by atoms with Crippen LogP contribution in [0.5, 0.6) is 0 Å². The molecule has 31 heavy (non-hydrogen) atoms. The predicted molar refractivity (Wildman–Crippen MR) is 114 cm³/mol. The number of pyridine rings is 1. The molecule has 2 heterocycles. The lowest BCUT2D eigenvalue weighted by Gasteiger charge is -2.12. The fourth-order valence-corrected chi connectivity index (χ4v) is 3.21. The molecule has 9 nitrogen and oxygen atoms in total. The molecule has 4 rings (SSSR count). The SMILES string of the molecule is O=C(NCc1nn(Cc2ccccn2)c(=O)c2ccccc12)c1cccc([N+](=O)[O-])c1. The predicted octanol–water partition coefficient (Wildman–Crippen LogP) is 2.68. The van der Waals surface area contributed by atoms with Crippen LogP contribution in [0.1, 0.15) is 21.7 Å². The highest BCUT2D eigenvalue weighted by Gasteiger charge is 2.14. The van der Waals surface area contributed by atoms with Gasteiger partial charge in [0.05, 0.1) is 34.8 Å². The Morgan fingerprint density at radius 3 is 2.55 bits per heavy atom. The van der Waals surface area contributed by atoms with Crippen molar-refractivity contribution in [1.29, 1.82) is 0 Å². The number of nitrogens with one attached hydrogen (secondary N) is 1. The Kier molecular flexibility index (Phi) is 5.48. The van der Waals surface area contributed by atoms with Crippen molar-refractivity contribution in [3.8, 4) is 0 Å². The summed E-state index contributed by atoms with van der Waals surface area (Å²) in [6.45, 7) is 0.237. The van der Waals surface area contributed by atoms with Crippen LogP contribution in [0, 0.1) is 10.1 Å². The lowest BCUT2D eigenvalue weighted by molar-refractivity contribution is -0.384. The molecular formula is C22H17N5O4. The Morgan fingerprint density at radius 2 is 1.81 bits per heavy atom. The van der Waals surface area contributed by atoms with E-state index < -0.39 is 10.8 Å². The van der Waals surface area contributed by atoms with Gasteiger partial charge in [-0.05, 0) is 24.3 Å². The number of nitro benzene ring substituents is 1. The first-order valence-corrected chi connectivity index (χ1v) is 9.44. The van der Waals surface area contributed by atoms with Crippen LogP contribution >= 0.6 is 0 Å². The molecule has 9 heteroatoms. The number of amides is 1. The zero-order chi connectivity index (χ0) is 21.8. The van der Waals surface area contributed by atoms with E-state index in [1.54, 1.807) is 42.6 Å². The number of non-ortho nitro benzene ring substituents is 1. The Labute approximate surface area is 176 Å². The van der Waals surface area contributed by atoms with E-state index in [9.17, 15) is 19.7 Å². The van der Waals surface area contributed by atoms with Crippen LogP contribution in [0.2, 0.25) is 0 Å². The number of carbonyl (C=O) groups is 1. The second kappa shape index (κ2) is 8.54. The molecule has 4 aromatic rings. The third kappa shape index (κ3) is 4.30. The van der Waals surface area contributed by atoms with E-state index >= 15 is 0 Å². The van der Waals surface area contributed by atoms with Gasteiger partial charge in [0, 0.05) is 29.3 Å². The zero-order valence-electron chi connectivity index (χ0n) is 16.3. The van der Waals surface area contributed by atoms with Crippen molar-refractivity contribution in [2.45, 2.75) is 13.1 Å². The van der Waals surface area contributed by atoms with E-state index in [-0.39, 0.29) is 29.9 Å². The van der Waals surface area contributed by atoms with E-state index in [1.807, 2.05) is 6.07 Å². The Hall–Kier alpha value is -4.40. The summed E-state index contributed by atoms with van der Waals surface area (Å²) in [5.41, 5.74) is 0.930. The quantitative estimate of drug-likeness (QED) is 0.382.